The van der Waals surface area contributed by atoms with Crippen LogP contribution in [0.2, 0.25) is 0 Å². The SMILES string of the molecule is CCc1ccccc1CNc1ncncc1N. The molecule has 17 heavy (non-hydrogen) atoms. The van der Waals surface area contributed by atoms with Gasteiger partial charge in [0.05, 0.1) is 11.9 Å². The Morgan fingerprint density at radius 3 is 2.71 bits per heavy atom. The molecule has 0 amide bonds. The van der Waals surface area contributed by atoms with Crippen LogP contribution in [0, 0.1) is 0 Å². The molecule has 0 radical (unpaired) electrons. The van der Waals surface area contributed by atoms with Crippen molar-refractivity contribution in [1.29, 1.82) is 0 Å². The highest BCUT2D eigenvalue weighted by Gasteiger charge is 2.02. The predicted octanol–water partition coefficient (Wildman–Crippen LogP) is 2.23. The van der Waals surface area contributed by atoms with E-state index < -0.39 is 0 Å². The number of hydrogen-bond acceptors (Lipinski definition) is 4. The molecule has 0 spiro atoms. The highest BCUT2D eigenvalue weighted by molar-refractivity contribution is 5.59. The molecular weight excluding hydrogens is 212 g/mol. The molecule has 0 aliphatic rings. The number of nitrogens with one attached hydrogen (secondary N) is 1. The van der Waals surface area contributed by atoms with E-state index in [0.29, 0.717) is 11.5 Å². The summed E-state index contributed by atoms with van der Waals surface area (Å²) in [6.45, 7) is 2.88. The number of hydrogen-bond donors (Lipinski definition) is 2. The van der Waals surface area contributed by atoms with Gasteiger partial charge in [0.2, 0.25) is 0 Å². The van der Waals surface area contributed by atoms with Gasteiger partial charge in [-0.25, -0.2) is 9.97 Å². The third-order valence-electron chi connectivity index (χ3n) is 2.69. The van der Waals surface area contributed by atoms with Gasteiger partial charge in [0.1, 0.15) is 6.33 Å². The van der Waals surface area contributed by atoms with Crippen LogP contribution in [-0.4, -0.2) is 9.97 Å². The minimum absolute atomic E-state index is 0.571. The average molecular weight is 228 g/mol. The Morgan fingerprint density at radius 2 is 2.00 bits per heavy atom. The summed E-state index contributed by atoms with van der Waals surface area (Å²) >= 11 is 0. The van der Waals surface area contributed by atoms with Crippen molar-refractivity contribution in [3.63, 3.8) is 0 Å². The number of nitrogen functional groups attached to an aromatic ring is 1. The fourth-order valence-electron chi connectivity index (χ4n) is 1.74. The van der Waals surface area contributed by atoms with Crippen molar-refractivity contribution in [1.82, 2.24) is 9.97 Å². The summed E-state index contributed by atoms with van der Waals surface area (Å²) in [4.78, 5) is 7.96. The van der Waals surface area contributed by atoms with Crippen LogP contribution in [0.4, 0.5) is 11.5 Å². The fourth-order valence-corrected chi connectivity index (χ4v) is 1.74. The summed E-state index contributed by atoms with van der Waals surface area (Å²) in [5.74, 6) is 0.686. The van der Waals surface area contributed by atoms with Gasteiger partial charge in [-0.15, -0.1) is 0 Å². The van der Waals surface area contributed by atoms with E-state index in [1.807, 2.05) is 6.07 Å². The van der Waals surface area contributed by atoms with Gasteiger partial charge < -0.3 is 11.1 Å². The zero-order valence-electron chi connectivity index (χ0n) is 9.85. The Balaban J connectivity index is 2.10. The summed E-state index contributed by atoms with van der Waals surface area (Å²) in [7, 11) is 0. The third kappa shape index (κ3) is 2.72. The first-order chi connectivity index (χ1) is 8.31. The standard InChI is InChI=1S/C13H16N4/c1-2-10-5-3-4-6-11(10)7-16-13-12(14)8-15-9-17-13/h3-6,8-9H,2,7,14H2,1H3,(H,15,16,17). The summed E-state index contributed by atoms with van der Waals surface area (Å²) in [6.07, 6.45) is 4.11. The van der Waals surface area contributed by atoms with Gasteiger partial charge in [-0.05, 0) is 17.5 Å². The van der Waals surface area contributed by atoms with E-state index in [2.05, 4.69) is 40.4 Å². The van der Waals surface area contributed by atoms with Gasteiger partial charge in [0.25, 0.3) is 0 Å². The molecule has 4 heteroatoms. The largest absolute Gasteiger partial charge is 0.394 e. The molecule has 0 aliphatic carbocycles. The fraction of sp³-hybridized carbons (Fsp3) is 0.231. The lowest BCUT2D eigenvalue weighted by Gasteiger charge is -2.10. The Labute approximate surface area is 101 Å². The molecule has 0 saturated carbocycles. The van der Waals surface area contributed by atoms with Crippen LogP contribution in [0.5, 0.6) is 0 Å². The number of aromatic nitrogens is 2. The van der Waals surface area contributed by atoms with Gasteiger partial charge in [0, 0.05) is 6.54 Å². The maximum atomic E-state index is 5.77. The average Bonchev–Trinajstić information content (AvgIpc) is 2.38. The second-order valence-electron chi connectivity index (χ2n) is 3.80. The Kier molecular flexibility index (Phi) is 3.55. The lowest BCUT2D eigenvalue weighted by atomic mass is 10.1. The minimum atomic E-state index is 0.571. The van der Waals surface area contributed by atoms with Crippen LogP contribution in [0.25, 0.3) is 0 Å². The van der Waals surface area contributed by atoms with Crippen LogP contribution in [0.15, 0.2) is 36.8 Å². The van der Waals surface area contributed by atoms with E-state index in [-0.39, 0.29) is 0 Å². The van der Waals surface area contributed by atoms with Gasteiger partial charge in [-0.1, -0.05) is 31.2 Å². The summed E-state index contributed by atoms with van der Waals surface area (Å²) in [5.41, 5.74) is 8.95. The zero-order chi connectivity index (χ0) is 12.1. The molecule has 0 aliphatic heterocycles. The van der Waals surface area contributed by atoms with Crippen molar-refractivity contribution in [2.45, 2.75) is 19.9 Å². The van der Waals surface area contributed by atoms with Gasteiger partial charge in [0.15, 0.2) is 5.82 Å². The molecule has 1 aromatic carbocycles. The smallest absolute Gasteiger partial charge is 0.152 e. The number of anilines is 2. The number of nitrogens with two attached hydrogens (primary N) is 1. The lowest BCUT2D eigenvalue weighted by Crippen LogP contribution is -2.06. The molecule has 2 aromatic rings. The van der Waals surface area contributed by atoms with E-state index in [9.17, 15) is 0 Å². The van der Waals surface area contributed by atoms with Crippen molar-refractivity contribution in [2.75, 3.05) is 11.1 Å². The molecule has 88 valence electrons. The zero-order valence-corrected chi connectivity index (χ0v) is 9.85. The normalized spacial score (nSPS) is 10.2. The first-order valence-electron chi connectivity index (χ1n) is 5.67. The second-order valence-corrected chi connectivity index (χ2v) is 3.80. The van der Waals surface area contributed by atoms with Crippen molar-refractivity contribution in [3.05, 3.63) is 47.9 Å². The van der Waals surface area contributed by atoms with E-state index in [1.165, 1.54) is 17.5 Å². The highest BCUT2D eigenvalue weighted by atomic mass is 15.0. The van der Waals surface area contributed by atoms with Crippen molar-refractivity contribution in [3.8, 4) is 0 Å². The summed E-state index contributed by atoms with van der Waals surface area (Å²) < 4.78 is 0. The summed E-state index contributed by atoms with van der Waals surface area (Å²) in [5, 5.41) is 3.23. The summed E-state index contributed by atoms with van der Waals surface area (Å²) in [6, 6.07) is 8.35. The van der Waals surface area contributed by atoms with Gasteiger partial charge in [-0.3, -0.25) is 0 Å². The van der Waals surface area contributed by atoms with Crippen LogP contribution in [-0.2, 0) is 13.0 Å². The quantitative estimate of drug-likeness (QED) is 0.842. The molecule has 0 bridgehead atoms. The number of aryl methyl sites for hydroxylation is 1. The molecule has 0 unspecified atom stereocenters. The molecular formula is C13H16N4. The van der Waals surface area contributed by atoms with Crippen LogP contribution >= 0.6 is 0 Å². The molecule has 1 aromatic heterocycles. The second kappa shape index (κ2) is 5.30. The Hall–Kier alpha value is -2.10. The maximum absolute atomic E-state index is 5.77. The highest BCUT2D eigenvalue weighted by Crippen LogP contribution is 2.15. The maximum Gasteiger partial charge on any atom is 0.152 e. The monoisotopic (exact) mass is 228 g/mol. The first kappa shape index (κ1) is 11.4. The topological polar surface area (TPSA) is 63.8 Å². The molecule has 3 N–H and O–H groups in total. The van der Waals surface area contributed by atoms with Crippen LogP contribution in [0.3, 0.4) is 0 Å². The number of nitrogens with zero attached hydrogens (tertiary/aromatic N) is 2. The van der Waals surface area contributed by atoms with E-state index in [0.717, 1.165) is 13.0 Å². The van der Waals surface area contributed by atoms with E-state index in [1.54, 1.807) is 6.20 Å². The molecule has 1 heterocycles. The van der Waals surface area contributed by atoms with Crippen molar-refractivity contribution in [2.24, 2.45) is 0 Å². The van der Waals surface area contributed by atoms with Crippen LogP contribution < -0.4 is 11.1 Å². The molecule has 2 rings (SSSR count). The lowest BCUT2D eigenvalue weighted by molar-refractivity contribution is 1.03. The predicted molar refractivity (Wildman–Crippen MR) is 69.6 cm³/mol. The van der Waals surface area contributed by atoms with Gasteiger partial charge in [-0.2, -0.15) is 0 Å². The van der Waals surface area contributed by atoms with Crippen molar-refractivity contribution < 1.29 is 0 Å². The third-order valence-corrected chi connectivity index (χ3v) is 2.69. The van der Waals surface area contributed by atoms with E-state index in [4.69, 9.17) is 5.73 Å². The Bertz CT molecular complexity index is 496. The van der Waals surface area contributed by atoms with Crippen molar-refractivity contribution >= 4 is 11.5 Å². The molecule has 0 atom stereocenters. The van der Waals surface area contributed by atoms with Crippen LogP contribution in [0.1, 0.15) is 18.1 Å². The number of rotatable bonds is 4. The Morgan fingerprint density at radius 1 is 1.24 bits per heavy atom. The molecule has 0 saturated heterocycles. The first-order valence-corrected chi connectivity index (χ1v) is 5.67. The molecule has 4 nitrogen and oxygen atoms in total. The van der Waals surface area contributed by atoms with Gasteiger partial charge >= 0.3 is 0 Å². The molecule has 0 fully saturated rings. The number of benzene rings is 1. The minimum Gasteiger partial charge on any atom is -0.394 e. The van der Waals surface area contributed by atoms with E-state index >= 15 is 0 Å².